The predicted molar refractivity (Wildman–Crippen MR) is 82.1 cm³/mol. The Kier molecular flexibility index (Phi) is 4.76. The van der Waals surface area contributed by atoms with Crippen molar-refractivity contribution in [1.29, 1.82) is 0 Å². The number of carboxylic acids is 1. The van der Waals surface area contributed by atoms with Crippen molar-refractivity contribution in [2.24, 2.45) is 0 Å². The van der Waals surface area contributed by atoms with Crippen molar-refractivity contribution in [3.05, 3.63) is 49.5 Å². The Hall–Kier alpha value is -1.15. The number of rotatable bonds is 5. The van der Waals surface area contributed by atoms with Gasteiger partial charge in [0.15, 0.2) is 0 Å². The van der Waals surface area contributed by atoms with Gasteiger partial charge in [-0.15, -0.1) is 11.3 Å². The molecule has 2 N–H and O–H groups in total. The molecule has 1 aromatic heterocycles. The molecule has 3 nitrogen and oxygen atoms in total. The molecular formula is C13H11FINO2S. The molecule has 6 heteroatoms. The largest absolute Gasteiger partial charge is 0.481 e. The summed E-state index contributed by atoms with van der Waals surface area (Å²) in [6, 6.07) is 8.31. The van der Waals surface area contributed by atoms with Gasteiger partial charge in [0.25, 0.3) is 0 Å². The lowest BCUT2D eigenvalue weighted by molar-refractivity contribution is -0.136. The average Bonchev–Trinajstić information content (AvgIpc) is 2.74. The van der Waals surface area contributed by atoms with Crippen LogP contribution in [0.2, 0.25) is 0 Å². The van der Waals surface area contributed by atoms with Crippen LogP contribution in [-0.4, -0.2) is 11.1 Å². The molecule has 0 saturated heterocycles. The maximum absolute atomic E-state index is 12.9. The number of anilines is 1. The summed E-state index contributed by atoms with van der Waals surface area (Å²) in [5.74, 6) is -1.08. The molecule has 100 valence electrons. The van der Waals surface area contributed by atoms with Crippen LogP contribution in [0.1, 0.15) is 9.75 Å². The Bertz CT molecular complexity index is 600. The Balaban J connectivity index is 1.98. The Morgan fingerprint density at radius 1 is 1.32 bits per heavy atom. The van der Waals surface area contributed by atoms with Gasteiger partial charge in [0.2, 0.25) is 0 Å². The summed E-state index contributed by atoms with van der Waals surface area (Å²) in [4.78, 5) is 12.5. The van der Waals surface area contributed by atoms with Gasteiger partial charge in [-0.05, 0) is 52.9 Å². The summed E-state index contributed by atoms with van der Waals surface area (Å²) in [5, 5.41) is 11.9. The highest BCUT2D eigenvalue weighted by Crippen LogP contribution is 2.22. The van der Waals surface area contributed by atoms with E-state index in [1.807, 2.05) is 12.1 Å². The van der Waals surface area contributed by atoms with Crippen molar-refractivity contribution in [3.8, 4) is 0 Å². The third kappa shape index (κ3) is 4.17. The number of hydrogen-bond acceptors (Lipinski definition) is 3. The highest BCUT2D eigenvalue weighted by Gasteiger charge is 2.06. The molecular weight excluding hydrogens is 380 g/mol. The maximum atomic E-state index is 12.9. The van der Waals surface area contributed by atoms with Gasteiger partial charge in [-0.3, -0.25) is 4.79 Å². The Morgan fingerprint density at radius 2 is 2.05 bits per heavy atom. The molecule has 0 fully saturated rings. The van der Waals surface area contributed by atoms with E-state index in [1.165, 1.54) is 23.5 Å². The minimum atomic E-state index is -0.825. The second kappa shape index (κ2) is 6.33. The smallest absolute Gasteiger partial charge is 0.308 e. The fourth-order valence-corrected chi connectivity index (χ4v) is 3.19. The molecule has 0 aliphatic carbocycles. The lowest BCUT2D eigenvalue weighted by Gasteiger charge is -2.07. The zero-order valence-electron chi connectivity index (χ0n) is 9.82. The van der Waals surface area contributed by atoms with Gasteiger partial charge in [0.05, 0.1) is 6.42 Å². The minimum Gasteiger partial charge on any atom is -0.481 e. The third-order valence-electron chi connectivity index (χ3n) is 2.43. The lowest BCUT2D eigenvalue weighted by atomic mass is 10.3. The van der Waals surface area contributed by atoms with E-state index in [0.29, 0.717) is 6.54 Å². The first-order chi connectivity index (χ1) is 9.04. The van der Waals surface area contributed by atoms with Gasteiger partial charge in [0, 0.05) is 25.6 Å². The number of carbonyl (C=O) groups is 1. The van der Waals surface area contributed by atoms with Crippen LogP contribution >= 0.6 is 33.9 Å². The van der Waals surface area contributed by atoms with E-state index in [-0.39, 0.29) is 12.2 Å². The maximum Gasteiger partial charge on any atom is 0.308 e. The Morgan fingerprint density at radius 3 is 2.74 bits per heavy atom. The monoisotopic (exact) mass is 391 g/mol. The van der Waals surface area contributed by atoms with E-state index in [4.69, 9.17) is 5.11 Å². The summed E-state index contributed by atoms with van der Waals surface area (Å²) in [6.07, 6.45) is 0.0543. The average molecular weight is 391 g/mol. The van der Waals surface area contributed by atoms with E-state index in [0.717, 1.165) is 19.0 Å². The van der Waals surface area contributed by atoms with Crippen molar-refractivity contribution < 1.29 is 14.3 Å². The molecule has 19 heavy (non-hydrogen) atoms. The Labute approximate surface area is 127 Å². The topological polar surface area (TPSA) is 49.3 Å². The lowest BCUT2D eigenvalue weighted by Crippen LogP contribution is -1.99. The molecule has 2 aromatic rings. The van der Waals surface area contributed by atoms with Crippen LogP contribution in [-0.2, 0) is 17.8 Å². The van der Waals surface area contributed by atoms with Crippen LogP contribution in [0.5, 0.6) is 0 Å². The second-order valence-corrected chi connectivity index (χ2v) is 6.33. The molecule has 0 saturated carbocycles. The molecule has 2 rings (SSSR count). The van der Waals surface area contributed by atoms with Crippen LogP contribution in [0.4, 0.5) is 10.1 Å². The van der Waals surface area contributed by atoms with E-state index in [1.54, 1.807) is 6.07 Å². The van der Waals surface area contributed by atoms with E-state index in [9.17, 15) is 9.18 Å². The standard InChI is InChI=1S/C13H11FINO2S/c14-8-1-4-12(11(15)5-8)16-7-10-3-2-9(19-10)6-13(17)18/h1-5,16H,6-7H2,(H,17,18). The van der Waals surface area contributed by atoms with Crippen molar-refractivity contribution in [1.82, 2.24) is 0 Å². The fourth-order valence-electron chi connectivity index (χ4n) is 1.58. The van der Waals surface area contributed by atoms with Crippen molar-refractivity contribution in [2.75, 3.05) is 5.32 Å². The molecule has 0 bridgehead atoms. The highest BCUT2D eigenvalue weighted by atomic mass is 127. The van der Waals surface area contributed by atoms with Gasteiger partial charge >= 0.3 is 5.97 Å². The quantitative estimate of drug-likeness (QED) is 0.764. The number of hydrogen-bond donors (Lipinski definition) is 2. The fraction of sp³-hybridized carbons (Fsp3) is 0.154. The number of benzene rings is 1. The second-order valence-electron chi connectivity index (χ2n) is 3.92. The number of nitrogens with one attached hydrogen (secondary N) is 1. The number of aliphatic carboxylic acids is 1. The van der Waals surface area contributed by atoms with Crippen molar-refractivity contribution >= 4 is 45.6 Å². The van der Waals surface area contributed by atoms with Crippen molar-refractivity contribution in [2.45, 2.75) is 13.0 Å². The summed E-state index contributed by atoms with van der Waals surface area (Å²) in [6.45, 7) is 0.603. The summed E-state index contributed by atoms with van der Waals surface area (Å²) in [7, 11) is 0. The first-order valence-corrected chi connectivity index (χ1v) is 7.42. The van der Waals surface area contributed by atoms with Crippen molar-refractivity contribution in [3.63, 3.8) is 0 Å². The van der Waals surface area contributed by atoms with Gasteiger partial charge in [0.1, 0.15) is 5.82 Å². The van der Waals surface area contributed by atoms with E-state index in [2.05, 4.69) is 27.9 Å². The first-order valence-electron chi connectivity index (χ1n) is 5.53. The van der Waals surface area contributed by atoms with Crippen LogP contribution in [0.15, 0.2) is 30.3 Å². The predicted octanol–water partition coefficient (Wildman–Crippen LogP) is 3.73. The van der Waals surface area contributed by atoms with Crippen LogP contribution in [0.3, 0.4) is 0 Å². The molecule has 1 heterocycles. The van der Waals surface area contributed by atoms with Gasteiger partial charge in [-0.2, -0.15) is 0 Å². The molecule has 0 amide bonds. The highest BCUT2D eigenvalue weighted by molar-refractivity contribution is 14.1. The zero-order chi connectivity index (χ0) is 13.8. The molecule has 0 unspecified atom stereocenters. The number of thiophene rings is 1. The SMILES string of the molecule is O=C(O)Cc1ccc(CNc2ccc(F)cc2I)s1. The number of carboxylic acid groups (broad SMARTS) is 1. The summed E-state index contributed by atoms with van der Waals surface area (Å²) >= 11 is 3.54. The van der Waals surface area contributed by atoms with Crippen LogP contribution in [0, 0.1) is 9.39 Å². The number of halogens is 2. The summed E-state index contributed by atoms with van der Waals surface area (Å²) < 4.78 is 13.8. The van der Waals surface area contributed by atoms with Crippen LogP contribution < -0.4 is 5.32 Å². The summed E-state index contributed by atoms with van der Waals surface area (Å²) in [5.41, 5.74) is 0.871. The normalized spacial score (nSPS) is 10.4. The molecule has 0 atom stereocenters. The molecule has 0 aliphatic rings. The van der Waals surface area contributed by atoms with Gasteiger partial charge in [-0.1, -0.05) is 0 Å². The third-order valence-corrected chi connectivity index (χ3v) is 4.40. The first kappa shape index (κ1) is 14.3. The van der Waals surface area contributed by atoms with Gasteiger partial charge in [-0.25, -0.2) is 4.39 Å². The van der Waals surface area contributed by atoms with Crippen LogP contribution in [0.25, 0.3) is 0 Å². The van der Waals surface area contributed by atoms with E-state index >= 15 is 0 Å². The minimum absolute atomic E-state index is 0.0543. The molecule has 0 aliphatic heterocycles. The molecule has 1 aromatic carbocycles. The van der Waals surface area contributed by atoms with Gasteiger partial charge < -0.3 is 10.4 Å². The molecule has 0 radical (unpaired) electrons. The molecule has 0 spiro atoms. The zero-order valence-corrected chi connectivity index (χ0v) is 12.8. The van der Waals surface area contributed by atoms with E-state index < -0.39 is 5.97 Å².